The summed E-state index contributed by atoms with van der Waals surface area (Å²) in [5.74, 6) is -0.0532. The van der Waals surface area contributed by atoms with E-state index in [0.717, 1.165) is 0 Å². The van der Waals surface area contributed by atoms with Crippen LogP contribution in [0.2, 0.25) is 0 Å². The average Bonchev–Trinajstić information content (AvgIpc) is 2.43. The number of carbonyl (C=O) groups excluding carboxylic acids is 1. The molecule has 0 aliphatic rings. The molecule has 0 unspecified atom stereocenters. The van der Waals surface area contributed by atoms with Crippen LogP contribution in [0.25, 0.3) is 0 Å². The van der Waals surface area contributed by atoms with Crippen molar-refractivity contribution in [3.05, 3.63) is 29.8 Å². The third kappa shape index (κ3) is 5.57. The lowest BCUT2D eigenvalue weighted by Crippen LogP contribution is -2.47. The number of carbonyl (C=O) groups is 1. The molecule has 0 spiro atoms. The van der Waals surface area contributed by atoms with E-state index in [1.54, 1.807) is 12.1 Å². The van der Waals surface area contributed by atoms with E-state index < -0.39 is 5.12 Å². The summed E-state index contributed by atoms with van der Waals surface area (Å²) in [6.45, 7) is 14.2. The molecule has 0 bridgehead atoms. The van der Waals surface area contributed by atoms with Gasteiger partial charge in [0.15, 0.2) is 0 Å². The lowest BCUT2D eigenvalue weighted by molar-refractivity contribution is -0.921. The van der Waals surface area contributed by atoms with Gasteiger partial charge in [-0.05, 0) is 39.8 Å². The van der Waals surface area contributed by atoms with Crippen LogP contribution < -0.4 is 0 Å². The van der Waals surface area contributed by atoms with Crippen LogP contribution in [0.3, 0.4) is 0 Å². The molecule has 3 nitrogen and oxygen atoms in total. The Morgan fingerprint density at radius 3 is 1.68 bits per heavy atom. The van der Waals surface area contributed by atoms with Crippen molar-refractivity contribution in [2.24, 2.45) is 0 Å². The maximum Gasteiger partial charge on any atom is 0.124 e. The molecule has 0 saturated carbocycles. The van der Waals surface area contributed by atoms with Crippen molar-refractivity contribution in [1.29, 1.82) is 0 Å². The summed E-state index contributed by atoms with van der Waals surface area (Å²) in [6.07, 6.45) is 0. The number of aromatic hydroxyl groups is 1. The molecule has 1 aromatic carbocycles. The van der Waals surface area contributed by atoms with Gasteiger partial charge in [0.05, 0.1) is 26.2 Å². The van der Waals surface area contributed by atoms with Crippen LogP contribution in [0, 0.1) is 0 Å². The number of phenolic OH excluding ortho intramolecular Hbond substituents is 1. The molecule has 19 heavy (non-hydrogen) atoms. The highest BCUT2D eigenvalue weighted by Gasteiger charge is 2.16. The Bertz CT molecular complexity index is 372. The molecule has 1 rings (SSSR count). The van der Waals surface area contributed by atoms with Gasteiger partial charge < -0.3 is 27.0 Å². The number of hydrogen-bond acceptors (Lipinski definition) is 3. The van der Waals surface area contributed by atoms with E-state index in [9.17, 15) is 4.79 Å². The first-order chi connectivity index (χ1) is 8.96. The Balaban J connectivity index is 0.000000344. The second-order valence-electron chi connectivity index (χ2n) is 4.41. The summed E-state index contributed by atoms with van der Waals surface area (Å²) in [7, 11) is 0. The quantitative estimate of drug-likeness (QED) is 0.667. The molecule has 1 aromatic rings. The van der Waals surface area contributed by atoms with Crippen molar-refractivity contribution in [1.82, 2.24) is 0 Å². The van der Waals surface area contributed by atoms with E-state index in [-0.39, 0.29) is 11.3 Å². The Labute approximate surface area is 122 Å². The number of nitrogens with zero attached hydrogens (tertiary/aromatic N) is 1. The number of quaternary nitrogens is 1. The summed E-state index contributed by atoms with van der Waals surface area (Å²) in [4.78, 5) is 10.5. The van der Waals surface area contributed by atoms with Crippen molar-refractivity contribution in [2.45, 2.75) is 27.7 Å². The smallest absolute Gasteiger partial charge is 0.124 e. The Morgan fingerprint density at radius 2 is 1.47 bits per heavy atom. The highest BCUT2D eigenvalue weighted by molar-refractivity contribution is 7.77. The maximum absolute atomic E-state index is 10.5. The molecule has 1 N–H and O–H groups in total. The van der Waals surface area contributed by atoms with Crippen molar-refractivity contribution in [3.63, 3.8) is 0 Å². The molecule has 0 radical (unpaired) electrons. The van der Waals surface area contributed by atoms with E-state index in [2.05, 4.69) is 40.3 Å². The molecular formula is C15H25NO2S. The molecular weight excluding hydrogens is 258 g/mol. The second-order valence-corrected chi connectivity index (χ2v) is 4.78. The van der Waals surface area contributed by atoms with Crippen LogP contribution in [-0.4, -0.2) is 40.9 Å². The van der Waals surface area contributed by atoms with E-state index >= 15 is 0 Å². The first-order valence-corrected chi connectivity index (χ1v) is 7.21. The van der Waals surface area contributed by atoms with Gasteiger partial charge in [-0.15, -0.1) is 0 Å². The predicted octanol–water partition coefficient (Wildman–Crippen LogP) is 2.96. The Kier molecular flexibility index (Phi) is 8.35. The number of hydrogen-bond donors (Lipinski definition) is 1. The minimum Gasteiger partial charge on any atom is -0.737 e. The van der Waals surface area contributed by atoms with Gasteiger partial charge in [0, 0.05) is 10.7 Å². The molecule has 108 valence electrons. The first-order valence-electron chi connectivity index (χ1n) is 6.80. The highest BCUT2D eigenvalue weighted by Crippen LogP contribution is 2.14. The standard InChI is InChI=1S/C8H20N.C7H6O2S/c1-5-9(6-2,7-3)8-4;8-6-4-2-1-3-5(6)7(9)10/h5-8H2,1-4H3;1-4,8H,(H,9,10)/q+1;/p-1. The van der Waals surface area contributed by atoms with Crippen molar-refractivity contribution in [3.8, 4) is 5.75 Å². The average molecular weight is 283 g/mol. The van der Waals surface area contributed by atoms with Crippen LogP contribution in [-0.2, 0) is 12.6 Å². The van der Waals surface area contributed by atoms with Crippen molar-refractivity contribution >= 4 is 17.7 Å². The van der Waals surface area contributed by atoms with E-state index in [4.69, 9.17) is 5.11 Å². The molecule has 4 heteroatoms. The lowest BCUT2D eigenvalue weighted by atomic mass is 10.2. The monoisotopic (exact) mass is 283 g/mol. The largest absolute Gasteiger partial charge is 0.737 e. The van der Waals surface area contributed by atoms with Gasteiger partial charge in [0.25, 0.3) is 0 Å². The molecule has 0 aliphatic heterocycles. The van der Waals surface area contributed by atoms with E-state index in [1.807, 2.05) is 0 Å². The number of benzene rings is 1. The zero-order valence-corrected chi connectivity index (χ0v) is 13.2. The van der Waals surface area contributed by atoms with Gasteiger partial charge in [0.2, 0.25) is 0 Å². The molecule has 0 atom stereocenters. The Morgan fingerprint density at radius 1 is 1.05 bits per heavy atom. The van der Waals surface area contributed by atoms with Crippen LogP contribution in [0.4, 0.5) is 0 Å². The van der Waals surface area contributed by atoms with Gasteiger partial charge in [-0.2, -0.15) is 0 Å². The van der Waals surface area contributed by atoms with Gasteiger partial charge in [-0.25, -0.2) is 0 Å². The number of rotatable bonds is 5. The number of para-hydroxylation sites is 1. The molecule has 0 aromatic heterocycles. The fraction of sp³-hybridized carbons (Fsp3) is 0.533. The highest BCUT2D eigenvalue weighted by atomic mass is 32.1. The number of phenols is 1. The molecule has 0 saturated heterocycles. The van der Waals surface area contributed by atoms with E-state index in [1.165, 1.54) is 42.8 Å². The SMILES string of the molecule is CC[N+](CC)(CC)CC.O=C([S-])c1ccccc1O. The lowest BCUT2D eigenvalue weighted by Gasteiger charge is -2.34. The maximum atomic E-state index is 10.5. The van der Waals surface area contributed by atoms with Gasteiger partial charge >= 0.3 is 0 Å². The zero-order valence-electron chi connectivity index (χ0n) is 12.3. The predicted molar refractivity (Wildman–Crippen MR) is 82.2 cm³/mol. The van der Waals surface area contributed by atoms with Crippen LogP contribution in [0.1, 0.15) is 38.1 Å². The minimum atomic E-state index is -0.530. The minimum absolute atomic E-state index is 0.0532. The van der Waals surface area contributed by atoms with Crippen molar-refractivity contribution < 1.29 is 14.4 Å². The Hall–Kier alpha value is -1.13. The topological polar surface area (TPSA) is 37.3 Å². The summed E-state index contributed by atoms with van der Waals surface area (Å²) in [5, 5.41) is 8.46. The van der Waals surface area contributed by atoms with Crippen LogP contribution in [0.15, 0.2) is 24.3 Å². The summed E-state index contributed by atoms with van der Waals surface area (Å²) in [5.41, 5.74) is 0.192. The first kappa shape index (κ1) is 17.9. The second kappa shape index (κ2) is 8.88. The molecule has 0 amide bonds. The zero-order chi connectivity index (χ0) is 14.9. The fourth-order valence-corrected chi connectivity index (χ4v) is 2.16. The normalized spacial score (nSPS) is 10.5. The third-order valence-corrected chi connectivity index (χ3v) is 4.03. The van der Waals surface area contributed by atoms with Gasteiger partial charge in [0.1, 0.15) is 5.75 Å². The fourth-order valence-electron chi connectivity index (χ4n) is 1.99. The third-order valence-electron chi connectivity index (χ3n) is 3.81. The van der Waals surface area contributed by atoms with E-state index in [0.29, 0.717) is 0 Å². The van der Waals surface area contributed by atoms with Crippen LogP contribution >= 0.6 is 0 Å². The van der Waals surface area contributed by atoms with Gasteiger partial charge in [-0.1, -0.05) is 12.1 Å². The molecule has 0 aliphatic carbocycles. The van der Waals surface area contributed by atoms with Crippen LogP contribution in [0.5, 0.6) is 5.75 Å². The summed E-state index contributed by atoms with van der Waals surface area (Å²) >= 11 is 4.33. The molecule has 0 fully saturated rings. The van der Waals surface area contributed by atoms with Gasteiger partial charge in [-0.3, -0.25) is 0 Å². The summed E-state index contributed by atoms with van der Waals surface area (Å²) in [6, 6.07) is 6.21. The van der Waals surface area contributed by atoms with Crippen molar-refractivity contribution in [2.75, 3.05) is 26.2 Å². The molecule has 0 heterocycles. The summed E-state index contributed by atoms with van der Waals surface area (Å²) < 4.78 is 1.28.